The molecule has 0 radical (unpaired) electrons. The van der Waals surface area contributed by atoms with Crippen LogP contribution in [0.15, 0.2) is 0 Å². The van der Waals surface area contributed by atoms with E-state index < -0.39 is 0 Å². The molecule has 1 atom stereocenters. The number of rotatable bonds is 9. The van der Waals surface area contributed by atoms with E-state index in [1.54, 1.807) is 0 Å². The van der Waals surface area contributed by atoms with Crippen LogP contribution in [0.3, 0.4) is 0 Å². The molecule has 0 aliphatic carbocycles. The predicted molar refractivity (Wildman–Crippen MR) is 68.6 cm³/mol. The van der Waals surface area contributed by atoms with Gasteiger partial charge in [0, 0.05) is 11.0 Å². The molecule has 0 spiro atoms. The molecule has 0 aromatic rings. The fourth-order valence-electron chi connectivity index (χ4n) is 1.21. The van der Waals surface area contributed by atoms with Crippen molar-refractivity contribution in [3.05, 3.63) is 0 Å². The van der Waals surface area contributed by atoms with E-state index in [-0.39, 0.29) is 0 Å². The fraction of sp³-hybridized carbons (Fsp3) is 1.00. The molecule has 0 rings (SSSR count). The van der Waals surface area contributed by atoms with E-state index in [2.05, 4.69) is 42.4 Å². The van der Waals surface area contributed by atoms with Crippen molar-refractivity contribution in [2.45, 2.75) is 64.5 Å². The molecule has 0 aromatic carbocycles. The van der Waals surface area contributed by atoms with Crippen LogP contribution >= 0.6 is 21.6 Å². The Morgan fingerprint density at radius 2 is 1.77 bits per heavy atom. The van der Waals surface area contributed by atoms with Crippen LogP contribution in [0.2, 0.25) is 0 Å². The van der Waals surface area contributed by atoms with Gasteiger partial charge >= 0.3 is 0 Å². The summed E-state index contributed by atoms with van der Waals surface area (Å²) in [6, 6.07) is 0. The van der Waals surface area contributed by atoms with Crippen LogP contribution in [0, 0.1) is 0 Å². The average molecular weight is 220 g/mol. The van der Waals surface area contributed by atoms with Gasteiger partial charge in [-0.3, -0.25) is 0 Å². The van der Waals surface area contributed by atoms with Crippen LogP contribution in [0.5, 0.6) is 0 Å². The van der Waals surface area contributed by atoms with E-state index >= 15 is 0 Å². The molecule has 0 N–H and O–H groups in total. The molecular weight excluding hydrogens is 196 g/mol. The monoisotopic (exact) mass is 220 g/mol. The SMILES string of the molecule is CCCCCCSSC(C)CCC. The maximum absolute atomic E-state index is 2.34. The van der Waals surface area contributed by atoms with Crippen molar-refractivity contribution in [1.29, 1.82) is 0 Å². The Bertz CT molecular complexity index is 94.1. The van der Waals surface area contributed by atoms with Gasteiger partial charge in [-0.05, 0) is 12.8 Å². The highest BCUT2D eigenvalue weighted by Gasteiger charge is 2.00. The average Bonchev–Trinajstić information content (AvgIpc) is 2.11. The van der Waals surface area contributed by atoms with Crippen molar-refractivity contribution in [2.75, 3.05) is 5.75 Å². The number of unbranched alkanes of at least 4 members (excludes halogenated alkanes) is 3. The topological polar surface area (TPSA) is 0 Å². The van der Waals surface area contributed by atoms with E-state index in [0.29, 0.717) is 0 Å². The Hall–Kier alpha value is 0.700. The van der Waals surface area contributed by atoms with Crippen LogP contribution in [0.25, 0.3) is 0 Å². The van der Waals surface area contributed by atoms with Gasteiger partial charge in [-0.25, -0.2) is 0 Å². The molecule has 0 nitrogen and oxygen atoms in total. The third-order valence-electron chi connectivity index (χ3n) is 2.01. The number of hydrogen-bond donors (Lipinski definition) is 0. The van der Waals surface area contributed by atoms with Crippen molar-refractivity contribution in [3.63, 3.8) is 0 Å². The van der Waals surface area contributed by atoms with Gasteiger partial charge in [-0.2, -0.15) is 0 Å². The summed E-state index contributed by atoms with van der Waals surface area (Å²) in [5.74, 6) is 1.35. The summed E-state index contributed by atoms with van der Waals surface area (Å²) >= 11 is 0. The Morgan fingerprint density at radius 1 is 1.00 bits per heavy atom. The molecule has 0 heterocycles. The van der Waals surface area contributed by atoms with Gasteiger partial charge in [0.25, 0.3) is 0 Å². The summed E-state index contributed by atoms with van der Waals surface area (Å²) in [5.41, 5.74) is 0. The first-order valence-electron chi connectivity index (χ1n) is 5.59. The van der Waals surface area contributed by atoms with Crippen LogP contribution in [0.1, 0.15) is 59.3 Å². The second-order valence-corrected chi connectivity index (χ2v) is 6.50. The Balaban J connectivity index is 2.97. The Morgan fingerprint density at radius 3 is 2.38 bits per heavy atom. The highest BCUT2D eigenvalue weighted by molar-refractivity contribution is 8.76. The molecule has 80 valence electrons. The third kappa shape index (κ3) is 10.6. The molecule has 0 aromatic heterocycles. The lowest BCUT2D eigenvalue weighted by atomic mass is 10.2. The quantitative estimate of drug-likeness (QED) is 0.390. The molecule has 13 heavy (non-hydrogen) atoms. The van der Waals surface area contributed by atoms with Crippen molar-refractivity contribution in [3.8, 4) is 0 Å². The first-order valence-corrected chi connectivity index (χ1v) is 7.97. The van der Waals surface area contributed by atoms with E-state index in [1.807, 2.05) is 0 Å². The smallest absolute Gasteiger partial charge is 0.0123 e. The van der Waals surface area contributed by atoms with E-state index in [4.69, 9.17) is 0 Å². The summed E-state index contributed by atoms with van der Waals surface area (Å²) in [4.78, 5) is 0. The van der Waals surface area contributed by atoms with Crippen molar-refractivity contribution >= 4 is 21.6 Å². The molecule has 0 bridgehead atoms. The van der Waals surface area contributed by atoms with Gasteiger partial charge in [0.05, 0.1) is 0 Å². The predicted octanol–water partition coefficient (Wildman–Crippen LogP) is 5.14. The molecule has 0 aliphatic heterocycles. The van der Waals surface area contributed by atoms with Crippen LogP contribution in [-0.2, 0) is 0 Å². The first-order chi connectivity index (χ1) is 6.31. The highest BCUT2D eigenvalue weighted by Crippen LogP contribution is 2.29. The minimum atomic E-state index is 0.848. The van der Waals surface area contributed by atoms with Crippen molar-refractivity contribution < 1.29 is 0 Å². The molecule has 0 saturated carbocycles. The fourth-order valence-corrected chi connectivity index (χ4v) is 3.82. The summed E-state index contributed by atoms with van der Waals surface area (Å²) in [6.45, 7) is 6.88. The molecule has 0 aliphatic rings. The molecule has 0 fully saturated rings. The minimum Gasteiger partial charge on any atom is -0.0939 e. The molecule has 2 heteroatoms. The van der Waals surface area contributed by atoms with Crippen LogP contribution in [0.4, 0.5) is 0 Å². The summed E-state index contributed by atoms with van der Waals surface area (Å²) in [6.07, 6.45) is 8.29. The normalized spacial score (nSPS) is 13.2. The first kappa shape index (κ1) is 13.7. The largest absolute Gasteiger partial charge is 0.0939 e. The maximum atomic E-state index is 2.34. The summed E-state index contributed by atoms with van der Waals surface area (Å²) in [5, 5.41) is 0.848. The lowest BCUT2D eigenvalue weighted by molar-refractivity contribution is 0.707. The molecule has 0 amide bonds. The zero-order valence-corrected chi connectivity index (χ0v) is 11.0. The molecule has 0 saturated heterocycles. The van der Waals surface area contributed by atoms with Gasteiger partial charge < -0.3 is 0 Å². The van der Waals surface area contributed by atoms with Gasteiger partial charge in [-0.15, -0.1) is 0 Å². The van der Waals surface area contributed by atoms with E-state index in [1.165, 1.54) is 44.3 Å². The zero-order chi connectivity index (χ0) is 9.94. The second kappa shape index (κ2) is 10.8. The van der Waals surface area contributed by atoms with Gasteiger partial charge in [0.1, 0.15) is 0 Å². The third-order valence-corrected chi connectivity index (χ3v) is 5.06. The van der Waals surface area contributed by atoms with Crippen molar-refractivity contribution in [1.82, 2.24) is 0 Å². The summed E-state index contributed by atoms with van der Waals surface area (Å²) < 4.78 is 0. The zero-order valence-electron chi connectivity index (χ0n) is 9.34. The van der Waals surface area contributed by atoms with Gasteiger partial charge in [-0.1, -0.05) is 68.0 Å². The lowest BCUT2D eigenvalue weighted by Gasteiger charge is -2.07. The Labute approximate surface area is 92.0 Å². The molecular formula is C11H24S2. The van der Waals surface area contributed by atoms with Gasteiger partial charge in [0.2, 0.25) is 0 Å². The van der Waals surface area contributed by atoms with Crippen LogP contribution in [-0.4, -0.2) is 11.0 Å². The number of hydrogen-bond acceptors (Lipinski definition) is 2. The lowest BCUT2D eigenvalue weighted by Crippen LogP contribution is -1.92. The van der Waals surface area contributed by atoms with E-state index in [0.717, 1.165) is 5.25 Å². The van der Waals surface area contributed by atoms with E-state index in [9.17, 15) is 0 Å². The standard InChI is InChI=1S/C11H24S2/c1-4-6-7-8-10-12-13-11(3)9-5-2/h11H,4-10H2,1-3H3. The highest BCUT2D eigenvalue weighted by atomic mass is 33.1. The van der Waals surface area contributed by atoms with Crippen LogP contribution < -0.4 is 0 Å². The summed E-state index contributed by atoms with van der Waals surface area (Å²) in [7, 11) is 4.14. The van der Waals surface area contributed by atoms with Crippen molar-refractivity contribution in [2.24, 2.45) is 0 Å². The minimum absolute atomic E-state index is 0.848. The molecule has 1 unspecified atom stereocenters. The van der Waals surface area contributed by atoms with Gasteiger partial charge in [0.15, 0.2) is 0 Å². The second-order valence-electron chi connectivity index (χ2n) is 3.58. The Kier molecular flexibility index (Phi) is 11.4. The maximum Gasteiger partial charge on any atom is 0.0123 e.